The summed E-state index contributed by atoms with van der Waals surface area (Å²) in [6.45, 7) is 3.69. The van der Waals surface area contributed by atoms with Crippen molar-refractivity contribution in [2.75, 3.05) is 5.32 Å². The van der Waals surface area contributed by atoms with Gasteiger partial charge in [-0.25, -0.2) is 0 Å². The van der Waals surface area contributed by atoms with E-state index in [-0.39, 0.29) is 5.91 Å². The molecule has 0 saturated carbocycles. The number of aryl methyl sites for hydroxylation is 1. The van der Waals surface area contributed by atoms with Crippen LogP contribution in [-0.2, 0) is 4.79 Å². The van der Waals surface area contributed by atoms with Crippen molar-refractivity contribution >= 4 is 23.2 Å². The van der Waals surface area contributed by atoms with Gasteiger partial charge >= 0.3 is 0 Å². The van der Waals surface area contributed by atoms with Crippen molar-refractivity contribution in [2.24, 2.45) is 0 Å². The highest BCUT2D eigenvalue weighted by molar-refractivity contribution is 6.30. The summed E-state index contributed by atoms with van der Waals surface area (Å²) in [5, 5.41) is 3.35. The van der Waals surface area contributed by atoms with Crippen LogP contribution in [0.5, 0.6) is 5.75 Å². The number of benzene rings is 2. The van der Waals surface area contributed by atoms with E-state index in [9.17, 15) is 4.79 Å². The van der Waals surface area contributed by atoms with Gasteiger partial charge in [0.1, 0.15) is 5.75 Å². The third-order valence-electron chi connectivity index (χ3n) is 2.76. The van der Waals surface area contributed by atoms with E-state index in [4.69, 9.17) is 16.3 Å². The first-order chi connectivity index (χ1) is 9.54. The summed E-state index contributed by atoms with van der Waals surface area (Å²) in [5.41, 5.74) is 1.74. The number of halogens is 1. The van der Waals surface area contributed by atoms with Gasteiger partial charge in [-0.15, -0.1) is 0 Å². The van der Waals surface area contributed by atoms with Crippen molar-refractivity contribution in [3.8, 4) is 5.75 Å². The molecule has 0 radical (unpaired) electrons. The summed E-state index contributed by atoms with van der Waals surface area (Å²) in [4.78, 5) is 12.0. The maximum atomic E-state index is 12.0. The number of hydrogen-bond acceptors (Lipinski definition) is 2. The van der Waals surface area contributed by atoms with Crippen molar-refractivity contribution in [1.82, 2.24) is 0 Å². The number of hydrogen-bond donors (Lipinski definition) is 1. The summed E-state index contributed by atoms with van der Waals surface area (Å²) in [7, 11) is 0. The zero-order valence-corrected chi connectivity index (χ0v) is 12.1. The van der Waals surface area contributed by atoms with Crippen LogP contribution in [0.3, 0.4) is 0 Å². The number of anilines is 1. The van der Waals surface area contributed by atoms with E-state index in [0.717, 1.165) is 5.56 Å². The highest BCUT2D eigenvalue weighted by atomic mass is 35.5. The van der Waals surface area contributed by atoms with Crippen molar-refractivity contribution in [3.63, 3.8) is 0 Å². The average Bonchev–Trinajstić information content (AvgIpc) is 2.38. The lowest BCUT2D eigenvalue weighted by atomic mass is 10.2. The first kappa shape index (κ1) is 14.4. The summed E-state index contributed by atoms with van der Waals surface area (Å²) >= 11 is 5.87. The fourth-order valence-corrected chi connectivity index (χ4v) is 1.95. The average molecular weight is 290 g/mol. The number of amides is 1. The summed E-state index contributed by atoms with van der Waals surface area (Å²) in [5.74, 6) is 0.465. The Hall–Kier alpha value is -2.00. The molecule has 0 aliphatic carbocycles. The summed E-state index contributed by atoms with van der Waals surface area (Å²) in [6.07, 6.45) is -0.587. The van der Waals surface area contributed by atoms with Crippen LogP contribution in [0, 0.1) is 6.92 Å². The van der Waals surface area contributed by atoms with Gasteiger partial charge < -0.3 is 10.1 Å². The van der Waals surface area contributed by atoms with E-state index in [1.807, 2.05) is 31.2 Å². The molecule has 0 aromatic heterocycles. The van der Waals surface area contributed by atoms with Gasteiger partial charge in [0.15, 0.2) is 6.10 Å². The quantitative estimate of drug-likeness (QED) is 0.922. The second-order valence-corrected chi connectivity index (χ2v) is 5.01. The Morgan fingerprint density at radius 2 is 1.95 bits per heavy atom. The summed E-state index contributed by atoms with van der Waals surface area (Å²) < 4.78 is 5.61. The second kappa shape index (κ2) is 6.44. The first-order valence-electron chi connectivity index (χ1n) is 6.34. The standard InChI is InChI=1S/C16H16ClNO2/c1-11-5-3-8-15(9-11)20-12(2)16(19)18-14-7-4-6-13(17)10-14/h3-10,12H,1-2H3,(H,18,19)/t12-/m1/s1. The van der Waals surface area contributed by atoms with E-state index in [0.29, 0.717) is 16.5 Å². The highest BCUT2D eigenvalue weighted by Crippen LogP contribution is 2.17. The maximum Gasteiger partial charge on any atom is 0.265 e. The topological polar surface area (TPSA) is 38.3 Å². The van der Waals surface area contributed by atoms with Crippen LogP contribution in [0.25, 0.3) is 0 Å². The minimum atomic E-state index is -0.587. The zero-order valence-electron chi connectivity index (χ0n) is 11.4. The lowest BCUT2D eigenvalue weighted by Gasteiger charge is -2.15. The van der Waals surface area contributed by atoms with Gasteiger partial charge in [0.25, 0.3) is 5.91 Å². The van der Waals surface area contributed by atoms with Crippen molar-refractivity contribution < 1.29 is 9.53 Å². The molecule has 2 aromatic carbocycles. The Bertz CT molecular complexity index is 613. The monoisotopic (exact) mass is 289 g/mol. The Kier molecular flexibility index (Phi) is 4.64. The highest BCUT2D eigenvalue weighted by Gasteiger charge is 2.14. The van der Waals surface area contributed by atoms with Crippen molar-refractivity contribution in [2.45, 2.75) is 20.0 Å². The van der Waals surface area contributed by atoms with Gasteiger partial charge in [-0.3, -0.25) is 4.79 Å². The zero-order chi connectivity index (χ0) is 14.5. The minimum absolute atomic E-state index is 0.214. The van der Waals surface area contributed by atoms with Gasteiger partial charge in [0.05, 0.1) is 0 Å². The van der Waals surface area contributed by atoms with E-state index in [1.54, 1.807) is 31.2 Å². The lowest BCUT2D eigenvalue weighted by Crippen LogP contribution is -2.30. The number of rotatable bonds is 4. The number of carbonyl (C=O) groups excluding carboxylic acids is 1. The SMILES string of the molecule is Cc1cccc(O[C@H](C)C(=O)Nc2cccc(Cl)c2)c1. The Morgan fingerprint density at radius 3 is 2.65 bits per heavy atom. The molecule has 0 spiro atoms. The molecule has 2 aromatic rings. The Morgan fingerprint density at radius 1 is 1.20 bits per heavy atom. The number of nitrogens with one attached hydrogen (secondary N) is 1. The molecule has 104 valence electrons. The normalized spacial score (nSPS) is 11.8. The van der Waals surface area contributed by atoms with E-state index in [1.165, 1.54) is 0 Å². The molecular formula is C16H16ClNO2. The molecular weight excluding hydrogens is 274 g/mol. The van der Waals surface area contributed by atoms with Gasteiger partial charge in [0, 0.05) is 10.7 Å². The summed E-state index contributed by atoms with van der Waals surface area (Å²) in [6, 6.07) is 14.6. The molecule has 0 unspecified atom stereocenters. The molecule has 1 atom stereocenters. The van der Waals surface area contributed by atoms with E-state index >= 15 is 0 Å². The van der Waals surface area contributed by atoms with E-state index in [2.05, 4.69) is 5.32 Å². The minimum Gasteiger partial charge on any atom is -0.481 e. The Labute approximate surface area is 123 Å². The first-order valence-corrected chi connectivity index (χ1v) is 6.72. The van der Waals surface area contributed by atoms with Crippen LogP contribution in [0.2, 0.25) is 5.02 Å². The van der Waals surface area contributed by atoms with Crippen LogP contribution in [-0.4, -0.2) is 12.0 Å². The molecule has 0 bridgehead atoms. The predicted molar refractivity (Wildman–Crippen MR) is 81.4 cm³/mol. The molecule has 0 saturated heterocycles. The number of carbonyl (C=O) groups is 1. The van der Waals surface area contributed by atoms with Gasteiger partial charge in [-0.2, -0.15) is 0 Å². The van der Waals surface area contributed by atoms with E-state index < -0.39 is 6.10 Å². The molecule has 0 aliphatic heterocycles. The molecule has 1 N–H and O–H groups in total. The molecule has 3 nitrogen and oxygen atoms in total. The lowest BCUT2D eigenvalue weighted by molar-refractivity contribution is -0.122. The van der Waals surface area contributed by atoms with Crippen LogP contribution < -0.4 is 10.1 Å². The molecule has 4 heteroatoms. The van der Waals surface area contributed by atoms with Crippen LogP contribution in [0.15, 0.2) is 48.5 Å². The van der Waals surface area contributed by atoms with Gasteiger partial charge in [0.2, 0.25) is 0 Å². The predicted octanol–water partition coefficient (Wildman–Crippen LogP) is 4.05. The molecule has 0 aliphatic rings. The fourth-order valence-electron chi connectivity index (χ4n) is 1.76. The third-order valence-corrected chi connectivity index (χ3v) is 3.00. The molecule has 0 heterocycles. The van der Waals surface area contributed by atoms with Crippen molar-refractivity contribution in [3.05, 3.63) is 59.1 Å². The number of ether oxygens (including phenoxy) is 1. The largest absolute Gasteiger partial charge is 0.481 e. The Balaban J connectivity index is 1.98. The molecule has 0 fully saturated rings. The third kappa shape index (κ3) is 4.00. The van der Waals surface area contributed by atoms with Gasteiger partial charge in [-0.05, 0) is 49.7 Å². The van der Waals surface area contributed by atoms with Crippen LogP contribution in [0.4, 0.5) is 5.69 Å². The molecule has 1 amide bonds. The van der Waals surface area contributed by atoms with Crippen LogP contribution >= 0.6 is 11.6 Å². The molecule has 20 heavy (non-hydrogen) atoms. The fraction of sp³-hybridized carbons (Fsp3) is 0.188. The van der Waals surface area contributed by atoms with Crippen LogP contribution in [0.1, 0.15) is 12.5 Å². The second-order valence-electron chi connectivity index (χ2n) is 4.58. The van der Waals surface area contributed by atoms with Gasteiger partial charge in [-0.1, -0.05) is 29.8 Å². The smallest absolute Gasteiger partial charge is 0.265 e. The maximum absolute atomic E-state index is 12.0. The van der Waals surface area contributed by atoms with Crippen molar-refractivity contribution in [1.29, 1.82) is 0 Å². The molecule has 2 rings (SSSR count).